The van der Waals surface area contributed by atoms with Crippen LogP contribution in [0.25, 0.3) is 0 Å². The normalized spacial score (nSPS) is 11.0. The molecule has 2 N–H and O–H groups in total. The van der Waals surface area contributed by atoms with Gasteiger partial charge < -0.3 is 10.6 Å². The molecule has 0 aliphatic rings. The molecule has 0 spiro atoms. The molecule has 8 heteroatoms. The van der Waals surface area contributed by atoms with E-state index in [9.17, 15) is 18.0 Å². The zero-order valence-electron chi connectivity index (χ0n) is 11.8. The second-order valence-corrected chi connectivity index (χ2v) is 7.15. The summed E-state index contributed by atoms with van der Waals surface area (Å²) in [5.74, 6) is -1.00. The lowest BCUT2D eigenvalue weighted by Crippen LogP contribution is -2.23. The summed E-state index contributed by atoms with van der Waals surface area (Å²) in [7, 11) is -3.19. The minimum absolute atomic E-state index is 0.141. The van der Waals surface area contributed by atoms with E-state index in [0.29, 0.717) is 12.2 Å². The second-order valence-electron chi connectivity index (χ2n) is 4.48. The van der Waals surface area contributed by atoms with Gasteiger partial charge in [-0.15, -0.1) is 0 Å². The van der Waals surface area contributed by atoms with Crippen LogP contribution in [0.4, 0.5) is 5.69 Å². The Morgan fingerprint density at radius 3 is 2.52 bits per heavy atom. The van der Waals surface area contributed by atoms with Crippen molar-refractivity contribution in [2.75, 3.05) is 23.9 Å². The van der Waals surface area contributed by atoms with Crippen LogP contribution in [0.1, 0.15) is 23.7 Å². The second kappa shape index (κ2) is 7.42. The van der Waals surface area contributed by atoms with Gasteiger partial charge in [0.15, 0.2) is 0 Å². The van der Waals surface area contributed by atoms with E-state index < -0.39 is 15.7 Å². The van der Waals surface area contributed by atoms with Gasteiger partial charge in [-0.1, -0.05) is 11.6 Å². The molecule has 0 unspecified atom stereocenters. The third-order valence-corrected chi connectivity index (χ3v) is 3.81. The molecule has 0 aromatic heterocycles. The summed E-state index contributed by atoms with van der Waals surface area (Å²) in [6.45, 7) is 2.24. The maximum Gasteiger partial charge on any atom is 0.252 e. The largest absolute Gasteiger partial charge is 0.352 e. The van der Waals surface area contributed by atoms with Gasteiger partial charge in [0.05, 0.1) is 16.3 Å². The fraction of sp³-hybridized carbons (Fsp3) is 0.385. The van der Waals surface area contributed by atoms with Gasteiger partial charge in [-0.25, -0.2) is 8.42 Å². The van der Waals surface area contributed by atoms with Crippen LogP contribution in [0.2, 0.25) is 5.02 Å². The van der Waals surface area contributed by atoms with Crippen LogP contribution in [0.5, 0.6) is 0 Å². The molecule has 21 heavy (non-hydrogen) atoms. The summed E-state index contributed by atoms with van der Waals surface area (Å²) < 4.78 is 22.0. The van der Waals surface area contributed by atoms with Crippen LogP contribution in [-0.4, -0.2) is 38.8 Å². The molecule has 0 saturated heterocycles. The van der Waals surface area contributed by atoms with E-state index >= 15 is 0 Å². The predicted molar refractivity (Wildman–Crippen MR) is 82.4 cm³/mol. The molecular weight excluding hydrogens is 316 g/mol. The fourth-order valence-corrected chi connectivity index (χ4v) is 2.29. The van der Waals surface area contributed by atoms with Gasteiger partial charge in [0.25, 0.3) is 5.91 Å². The minimum Gasteiger partial charge on any atom is -0.352 e. The van der Waals surface area contributed by atoms with Crippen molar-refractivity contribution < 1.29 is 18.0 Å². The van der Waals surface area contributed by atoms with Gasteiger partial charge in [0.2, 0.25) is 5.91 Å². The smallest absolute Gasteiger partial charge is 0.252 e. The number of sulfone groups is 1. The number of anilines is 1. The van der Waals surface area contributed by atoms with Gasteiger partial charge >= 0.3 is 0 Å². The highest BCUT2D eigenvalue weighted by Gasteiger charge is 2.12. The first kappa shape index (κ1) is 17.5. The highest BCUT2D eigenvalue weighted by Crippen LogP contribution is 2.20. The lowest BCUT2D eigenvalue weighted by Gasteiger charge is -2.09. The molecular formula is C13H17ClN2O4S. The standard InChI is InChI=1S/C13H17ClN2O4S/c1-3-15-13(18)10-8-9(4-5-11(10)14)16-12(17)6-7-21(2,19)20/h4-5,8H,3,6-7H2,1-2H3,(H,15,18)(H,16,17). The summed E-state index contributed by atoms with van der Waals surface area (Å²) in [5, 5.41) is 5.42. The maximum absolute atomic E-state index is 11.8. The Morgan fingerprint density at radius 2 is 1.95 bits per heavy atom. The van der Waals surface area contributed by atoms with Gasteiger partial charge in [-0.3, -0.25) is 9.59 Å². The Morgan fingerprint density at radius 1 is 1.29 bits per heavy atom. The molecule has 6 nitrogen and oxygen atoms in total. The molecule has 1 aromatic carbocycles. The van der Waals surface area contributed by atoms with Crippen LogP contribution in [-0.2, 0) is 14.6 Å². The van der Waals surface area contributed by atoms with Crippen LogP contribution in [0.15, 0.2) is 18.2 Å². The molecule has 0 bridgehead atoms. The van der Waals surface area contributed by atoms with E-state index in [4.69, 9.17) is 11.6 Å². The number of hydrogen-bond donors (Lipinski definition) is 2. The van der Waals surface area contributed by atoms with Gasteiger partial charge in [-0.2, -0.15) is 0 Å². The first-order valence-electron chi connectivity index (χ1n) is 6.28. The molecule has 0 fully saturated rings. The zero-order valence-corrected chi connectivity index (χ0v) is 13.3. The van der Waals surface area contributed by atoms with Crippen LogP contribution in [0.3, 0.4) is 0 Å². The quantitative estimate of drug-likeness (QED) is 0.825. The fourth-order valence-electron chi connectivity index (χ4n) is 1.53. The van der Waals surface area contributed by atoms with Crippen LogP contribution >= 0.6 is 11.6 Å². The summed E-state index contributed by atoms with van der Waals surface area (Å²) >= 11 is 5.93. The third kappa shape index (κ3) is 6.14. The Kier molecular flexibility index (Phi) is 6.17. The molecule has 0 aliphatic carbocycles. The zero-order chi connectivity index (χ0) is 16.0. The van der Waals surface area contributed by atoms with Crippen molar-refractivity contribution in [1.29, 1.82) is 0 Å². The molecule has 1 rings (SSSR count). The van der Waals surface area contributed by atoms with Crippen LogP contribution < -0.4 is 10.6 Å². The summed E-state index contributed by atoms with van der Waals surface area (Å²) in [5.41, 5.74) is 0.638. The lowest BCUT2D eigenvalue weighted by molar-refractivity contribution is -0.115. The molecule has 0 radical (unpaired) electrons. The monoisotopic (exact) mass is 332 g/mol. The Bertz CT molecular complexity index is 644. The van der Waals surface area contributed by atoms with E-state index in [0.717, 1.165) is 6.26 Å². The molecule has 0 saturated carbocycles. The van der Waals surface area contributed by atoms with E-state index in [-0.39, 0.29) is 28.7 Å². The SMILES string of the molecule is CCNC(=O)c1cc(NC(=O)CCS(C)(=O)=O)ccc1Cl. The topological polar surface area (TPSA) is 92.3 Å². The third-order valence-electron chi connectivity index (χ3n) is 2.53. The first-order chi connectivity index (χ1) is 9.73. The van der Waals surface area contributed by atoms with Crippen molar-refractivity contribution in [3.8, 4) is 0 Å². The number of nitrogens with one attached hydrogen (secondary N) is 2. The van der Waals surface area contributed by atoms with Crippen molar-refractivity contribution in [1.82, 2.24) is 5.32 Å². The molecule has 0 heterocycles. The highest BCUT2D eigenvalue weighted by molar-refractivity contribution is 7.90. The number of amides is 2. The number of carbonyl (C=O) groups is 2. The number of hydrogen-bond acceptors (Lipinski definition) is 4. The Labute approximate surface area is 128 Å². The summed E-state index contributed by atoms with van der Waals surface area (Å²) in [6, 6.07) is 4.49. The average molecular weight is 333 g/mol. The number of benzene rings is 1. The average Bonchev–Trinajstić information content (AvgIpc) is 2.38. The molecule has 0 aliphatic heterocycles. The van der Waals surface area contributed by atoms with E-state index in [1.54, 1.807) is 13.0 Å². The molecule has 0 atom stereocenters. The Hall–Kier alpha value is -1.60. The maximum atomic E-state index is 11.8. The van der Waals surface area contributed by atoms with E-state index in [1.165, 1.54) is 12.1 Å². The number of rotatable bonds is 6. The van der Waals surface area contributed by atoms with Crippen molar-refractivity contribution in [2.24, 2.45) is 0 Å². The Balaban J connectivity index is 2.78. The summed E-state index contributed by atoms with van der Waals surface area (Å²) in [4.78, 5) is 23.4. The van der Waals surface area contributed by atoms with Crippen molar-refractivity contribution in [3.63, 3.8) is 0 Å². The van der Waals surface area contributed by atoms with Gasteiger partial charge in [0, 0.05) is 24.9 Å². The minimum atomic E-state index is -3.19. The molecule has 116 valence electrons. The van der Waals surface area contributed by atoms with E-state index in [2.05, 4.69) is 10.6 Å². The van der Waals surface area contributed by atoms with Crippen molar-refractivity contribution in [3.05, 3.63) is 28.8 Å². The lowest BCUT2D eigenvalue weighted by atomic mass is 10.2. The van der Waals surface area contributed by atoms with Crippen LogP contribution in [0, 0.1) is 0 Å². The highest BCUT2D eigenvalue weighted by atomic mass is 35.5. The first-order valence-corrected chi connectivity index (χ1v) is 8.72. The number of halogens is 1. The predicted octanol–water partition coefficient (Wildman–Crippen LogP) is 1.46. The van der Waals surface area contributed by atoms with Crippen molar-refractivity contribution >= 4 is 38.9 Å². The van der Waals surface area contributed by atoms with Gasteiger partial charge in [0.1, 0.15) is 9.84 Å². The molecule has 1 aromatic rings. The van der Waals surface area contributed by atoms with E-state index in [1.807, 2.05) is 0 Å². The summed E-state index contributed by atoms with van der Waals surface area (Å²) in [6.07, 6.45) is 0.924. The number of carbonyl (C=O) groups excluding carboxylic acids is 2. The van der Waals surface area contributed by atoms with Gasteiger partial charge in [-0.05, 0) is 25.1 Å². The van der Waals surface area contributed by atoms with Crippen molar-refractivity contribution in [2.45, 2.75) is 13.3 Å². The molecule has 2 amide bonds.